The lowest BCUT2D eigenvalue weighted by Crippen LogP contribution is -2.21. The minimum atomic E-state index is -0.995. The van der Waals surface area contributed by atoms with Crippen molar-refractivity contribution in [1.29, 1.82) is 0 Å². The number of hydrogen-bond acceptors (Lipinski definition) is 4. The molecule has 0 saturated heterocycles. The monoisotopic (exact) mass is 216 g/mol. The van der Waals surface area contributed by atoms with E-state index in [9.17, 15) is 4.39 Å². The first-order chi connectivity index (χ1) is 7.15. The molecule has 1 unspecified atom stereocenters. The van der Waals surface area contributed by atoms with E-state index in [1.54, 1.807) is 0 Å². The average molecular weight is 216 g/mol. The minimum absolute atomic E-state index is 0.120. The second-order valence-electron chi connectivity index (χ2n) is 3.10. The van der Waals surface area contributed by atoms with Crippen LogP contribution in [0.1, 0.15) is 5.56 Å². The van der Waals surface area contributed by atoms with E-state index < -0.39 is 18.5 Å². The van der Waals surface area contributed by atoms with Gasteiger partial charge in [0.05, 0.1) is 13.2 Å². The molecule has 0 spiro atoms. The predicted octanol–water partition coefficient (Wildman–Crippen LogP) is 0.0500. The van der Waals surface area contributed by atoms with Crippen molar-refractivity contribution in [3.8, 4) is 5.75 Å². The average Bonchev–Trinajstić information content (AvgIpc) is 2.25. The van der Waals surface area contributed by atoms with Crippen molar-refractivity contribution in [2.24, 2.45) is 0 Å². The topological polar surface area (TPSA) is 69.9 Å². The molecule has 1 rings (SSSR count). The Balaban J connectivity index is 2.64. The standard InChI is InChI=1S/C10H13FO4/c11-8-1-7(4-12)2-10(3-8)15-6-9(14)5-13/h1-3,9,12-14H,4-6H2. The highest BCUT2D eigenvalue weighted by Crippen LogP contribution is 2.16. The van der Waals surface area contributed by atoms with Crippen molar-refractivity contribution < 1.29 is 24.4 Å². The van der Waals surface area contributed by atoms with Crippen LogP contribution in [0.5, 0.6) is 5.75 Å². The molecule has 0 bridgehead atoms. The molecule has 0 aliphatic heterocycles. The van der Waals surface area contributed by atoms with E-state index in [1.807, 2.05) is 0 Å². The van der Waals surface area contributed by atoms with Crippen LogP contribution in [0.4, 0.5) is 4.39 Å². The molecule has 0 heterocycles. The summed E-state index contributed by atoms with van der Waals surface area (Å²) in [6.45, 7) is -0.816. The Bertz CT molecular complexity index is 316. The first-order valence-corrected chi connectivity index (χ1v) is 4.47. The van der Waals surface area contributed by atoms with Gasteiger partial charge in [-0.25, -0.2) is 4.39 Å². The summed E-state index contributed by atoms with van der Waals surface area (Å²) in [6, 6.07) is 3.80. The summed E-state index contributed by atoms with van der Waals surface area (Å²) < 4.78 is 17.9. The fourth-order valence-electron chi connectivity index (χ4n) is 1.04. The van der Waals surface area contributed by atoms with Crippen LogP contribution in [-0.2, 0) is 6.61 Å². The van der Waals surface area contributed by atoms with E-state index in [-0.39, 0.29) is 19.0 Å². The maximum absolute atomic E-state index is 12.9. The van der Waals surface area contributed by atoms with Gasteiger partial charge in [-0.05, 0) is 17.7 Å². The van der Waals surface area contributed by atoms with E-state index in [2.05, 4.69) is 0 Å². The molecule has 3 N–H and O–H groups in total. The van der Waals surface area contributed by atoms with Gasteiger partial charge in [0.15, 0.2) is 0 Å². The van der Waals surface area contributed by atoms with Crippen molar-refractivity contribution in [1.82, 2.24) is 0 Å². The molecule has 0 aromatic heterocycles. The van der Waals surface area contributed by atoms with Gasteiger partial charge in [-0.15, -0.1) is 0 Å². The third-order valence-corrected chi connectivity index (χ3v) is 1.77. The molecule has 4 nitrogen and oxygen atoms in total. The maximum Gasteiger partial charge on any atom is 0.127 e. The molecule has 5 heteroatoms. The lowest BCUT2D eigenvalue weighted by molar-refractivity contribution is 0.0534. The molecule has 84 valence electrons. The molecule has 0 fully saturated rings. The Morgan fingerprint density at radius 1 is 1.27 bits per heavy atom. The van der Waals surface area contributed by atoms with Crippen molar-refractivity contribution in [2.75, 3.05) is 13.2 Å². The summed E-state index contributed by atoms with van der Waals surface area (Å²) in [4.78, 5) is 0. The second-order valence-corrected chi connectivity index (χ2v) is 3.10. The highest BCUT2D eigenvalue weighted by Gasteiger charge is 2.05. The quantitative estimate of drug-likeness (QED) is 0.650. The van der Waals surface area contributed by atoms with E-state index in [0.717, 1.165) is 6.07 Å². The van der Waals surface area contributed by atoms with Crippen LogP contribution in [0.25, 0.3) is 0 Å². The molecule has 0 amide bonds. The van der Waals surface area contributed by atoms with Crippen LogP contribution >= 0.6 is 0 Å². The van der Waals surface area contributed by atoms with Crippen LogP contribution in [0.2, 0.25) is 0 Å². The highest BCUT2D eigenvalue weighted by atomic mass is 19.1. The van der Waals surface area contributed by atoms with Gasteiger partial charge in [0.25, 0.3) is 0 Å². The van der Waals surface area contributed by atoms with Gasteiger partial charge < -0.3 is 20.1 Å². The van der Waals surface area contributed by atoms with Crippen LogP contribution in [0.15, 0.2) is 18.2 Å². The third-order valence-electron chi connectivity index (χ3n) is 1.77. The Kier molecular flexibility index (Phi) is 4.48. The van der Waals surface area contributed by atoms with Crippen molar-refractivity contribution in [2.45, 2.75) is 12.7 Å². The highest BCUT2D eigenvalue weighted by molar-refractivity contribution is 5.29. The summed E-state index contributed by atoms with van der Waals surface area (Å²) in [6.07, 6.45) is -0.995. The SMILES string of the molecule is OCc1cc(F)cc(OCC(O)CO)c1. The molecule has 0 saturated carbocycles. The molecular formula is C10H13FO4. The third kappa shape index (κ3) is 3.83. The van der Waals surface area contributed by atoms with Crippen LogP contribution in [0, 0.1) is 5.82 Å². The van der Waals surface area contributed by atoms with Gasteiger partial charge >= 0.3 is 0 Å². The lowest BCUT2D eigenvalue weighted by Gasteiger charge is -2.10. The first-order valence-electron chi connectivity index (χ1n) is 4.47. The zero-order valence-electron chi connectivity index (χ0n) is 8.06. The fourth-order valence-corrected chi connectivity index (χ4v) is 1.04. The van der Waals surface area contributed by atoms with Gasteiger partial charge in [-0.2, -0.15) is 0 Å². The normalized spacial score (nSPS) is 12.5. The number of aliphatic hydroxyl groups is 3. The molecule has 1 aromatic rings. The van der Waals surface area contributed by atoms with Crippen LogP contribution in [0.3, 0.4) is 0 Å². The molecule has 15 heavy (non-hydrogen) atoms. The summed E-state index contributed by atoms with van der Waals surface area (Å²) in [5.74, 6) is -0.304. The largest absolute Gasteiger partial charge is 0.491 e. The zero-order valence-corrected chi connectivity index (χ0v) is 8.06. The second kappa shape index (κ2) is 5.65. The van der Waals surface area contributed by atoms with Gasteiger partial charge in [0.1, 0.15) is 24.3 Å². The van der Waals surface area contributed by atoms with Crippen molar-refractivity contribution in [3.05, 3.63) is 29.6 Å². The number of benzene rings is 1. The zero-order chi connectivity index (χ0) is 11.3. The Morgan fingerprint density at radius 3 is 2.60 bits per heavy atom. The Morgan fingerprint density at radius 2 is 2.00 bits per heavy atom. The van der Waals surface area contributed by atoms with Gasteiger partial charge in [-0.1, -0.05) is 0 Å². The van der Waals surface area contributed by atoms with Crippen molar-refractivity contribution in [3.63, 3.8) is 0 Å². The molecule has 0 aliphatic rings. The number of ether oxygens (including phenoxy) is 1. The Labute approximate surface area is 86.6 Å². The minimum Gasteiger partial charge on any atom is -0.491 e. The van der Waals surface area contributed by atoms with Gasteiger partial charge in [0, 0.05) is 6.07 Å². The maximum atomic E-state index is 12.9. The summed E-state index contributed by atoms with van der Waals surface area (Å²) in [7, 11) is 0. The van der Waals surface area contributed by atoms with E-state index >= 15 is 0 Å². The van der Waals surface area contributed by atoms with Gasteiger partial charge in [-0.3, -0.25) is 0 Å². The fraction of sp³-hybridized carbons (Fsp3) is 0.400. The molecule has 1 atom stereocenters. The Hall–Kier alpha value is -1.17. The molecule has 1 aromatic carbocycles. The number of hydrogen-bond donors (Lipinski definition) is 3. The summed E-state index contributed by atoms with van der Waals surface area (Å²) in [5.41, 5.74) is 0.392. The summed E-state index contributed by atoms with van der Waals surface area (Å²) in [5, 5.41) is 26.3. The van der Waals surface area contributed by atoms with Crippen molar-refractivity contribution >= 4 is 0 Å². The number of halogens is 1. The number of aliphatic hydroxyl groups excluding tert-OH is 3. The molecule has 0 aliphatic carbocycles. The molecule has 0 radical (unpaired) electrons. The smallest absolute Gasteiger partial charge is 0.127 e. The number of rotatable bonds is 5. The molecular weight excluding hydrogens is 203 g/mol. The lowest BCUT2D eigenvalue weighted by atomic mass is 10.2. The van der Waals surface area contributed by atoms with Gasteiger partial charge in [0.2, 0.25) is 0 Å². The first kappa shape index (κ1) is 11.9. The van der Waals surface area contributed by atoms with E-state index in [1.165, 1.54) is 12.1 Å². The summed E-state index contributed by atoms with van der Waals surface area (Å²) >= 11 is 0. The predicted molar refractivity (Wildman–Crippen MR) is 50.9 cm³/mol. The van der Waals surface area contributed by atoms with E-state index in [0.29, 0.717) is 5.56 Å². The van der Waals surface area contributed by atoms with Crippen LogP contribution < -0.4 is 4.74 Å². The van der Waals surface area contributed by atoms with Crippen LogP contribution in [-0.4, -0.2) is 34.6 Å². The van der Waals surface area contributed by atoms with E-state index in [4.69, 9.17) is 20.1 Å².